The van der Waals surface area contributed by atoms with Gasteiger partial charge in [-0.05, 0) is 25.0 Å². The molecule has 0 radical (unpaired) electrons. The normalized spacial score (nSPS) is 19.0. The van der Waals surface area contributed by atoms with E-state index < -0.39 is 0 Å². The molecule has 0 spiro atoms. The van der Waals surface area contributed by atoms with Gasteiger partial charge in [0.2, 0.25) is 5.76 Å². The van der Waals surface area contributed by atoms with Crippen LogP contribution in [0.25, 0.3) is 11.5 Å². The molecule has 1 atom stereocenters. The zero-order valence-electron chi connectivity index (χ0n) is 10.3. The smallest absolute Gasteiger partial charge is 0.276 e. The Morgan fingerprint density at radius 3 is 3.16 bits per heavy atom. The van der Waals surface area contributed by atoms with Crippen LogP contribution in [0.5, 0.6) is 0 Å². The van der Waals surface area contributed by atoms with Crippen LogP contribution in [0.3, 0.4) is 0 Å². The van der Waals surface area contributed by atoms with Crippen molar-refractivity contribution in [1.82, 2.24) is 10.1 Å². The van der Waals surface area contributed by atoms with Gasteiger partial charge in [0.15, 0.2) is 11.5 Å². The van der Waals surface area contributed by atoms with Crippen LogP contribution in [0, 0.1) is 0 Å². The molecular formula is C13H14N2O4. The van der Waals surface area contributed by atoms with Crippen molar-refractivity contribution in [3.05, 3.63) is 30.2 Å². The predicted octanol–water partition coefficient (Wildman–Crippen LogP) is 1.53. The van der Waals surface area contributed by atoms with Crippen molar-refractivity contribution in [1.29, 1.82) is 0 Å². The Labute approximate surface area is 109 Å². The summed E-state index contributed by atoms with van der Waals surface area (Å²) in [6.45, 7) is 0.627. The molecule has 1 fully saturated rings. The molecule has 19 heavy (non-hydrogen) atoms. The fourth-order valence-corrected chi connectivity index (χ4v) is 2.35. The molecule has 0 bridgehead atoms. The molecule has 1 aliphatic heterocycles. The first-order chi connectivity index (χ1) is 9.29. The second-order valence-electron chi connectivity index (χ2n) is 4.53. The van der Waals surface area contributed by atoms with Gasteiger partial charge in [0, 0.05) is 12.6 Å². The van der Waals surface area contributed by atoms with Crippen molar-refractivity contribution in [2.45, 2.75) is 18.9 Å². The summed E-state index contributed by atoms with van der Waals surface area (Å²) in [4.78, 5) is 13.9. The number of rotatable bonds is 3. The maximum Gasteiger partial charge on any atom is 0.276 e. The van der Waals surface area contributed by atoms with E-state index in [-0.39, 0.29) is 24.2 Å². The van der Waals surface area contributed by atoms with E-state index in [9.17, 15) is 9.90 Å². The molecule has 6 nitrogen and oxygen atoms in total. The van der Waals surface area contributed by atoms with E-state index in [2.05, 4.69) is 5.16 Å². The molecule has 3 rings (SSSR count). The predicted molar refractivity (Wildman–Crippen MR) is 65.3 cm³/mol. The number of aliphatic hydroxyl groups is 1. The Hall–Kier alpha value is -2.08. The van der Waals surface area contributed by atoms with Gasteiger partial charge in [-0.1, -0.05) is 5.16 Å². The summed E-state index contributed by atoms with van der Waals surface area (Å²) in [7, 11) is 0. The van der Waals surface area contributed by atoms with E-state index in [1.165, 1.54) is 6.26 Å². The third kappa shape index (κ3) is 2.15. The molecule has 0 aliphatic carbocycles. The fourth-order valence-electron chi connectivity index (χ4n) is 2.35. The Morgan fingerprint density at radius 1 is 1.53 bits per heavy atom. The van der Waals surface area contributed by atoms with Gasteiger partial charge in [-0.2, -0.15) is 0 Å². The Morgan fingerprint density at radius 2 is 2.42 bits per heavy atom. The van der Waals surface area contributed by atoms with Crippen LogP contribution >= 0.6 is 0 Å². The first kappa shape index (κ1) is 12.0. The highest BCUT2D eigenvalue weighted by Crippen LogP contribution is 2.23. The number of furan rings is 1. The minimum atomic E-state index is -0.210. The molecule has 1 saturated heterocycles. The second kappa shape index (κ2) is 4.89. The van der Waals surface area contributed by atoms with E-state index in [1.807, 2.05) is 0 Å². The van der Waals surface area contributed by atoms with Crippen LogP contribution in [-0.4, -0.2) is 40.3 Å². The van der Waals surface area contributed by atoms with Crippen LogP contribution < -0.4 is 0 Å². The summed E-state index contributed by atoms with van der Waals surface area (Å²) in [5, 5.41) is 13.0. The molecule has 3 heterocycles. The molecule has 1 aliphatic rings. The molecule has 100 valence electrons. The number of hydrogen-bond acceptors (Lipinski definition) is 5. The third-order valence-corrected chi connectivity index (χ3v) is 3.34. The molecule has 2 aromatic heterocycles. The number of nitrogens with zero attached hydrogens (tertiary/aromatic N) is 2. The molecule has 0 saturated carbocycles. The number of amides is 1. The van der Waals surface area contributed by atoms with Crippen LogP contribution in [-0.2, 0) is 0 Å². The summed E-state index contributed by atoms with van der Waals surface area (Å²) >= 11 is 0. The van der Waals surface area contributed by atoms with E-state index in [0.29, 0.717) is 18.1 Å². The number of aliphatic hydroxyl groups excluding tert-OH is 1. The maximum absolute atomic E-state index is 12.3. The van der Waals surface area contributed by atoms with Gasteiger partial charge in [-0.15, -0.1) is 0 Å². The van der Waals surface area contributed by atoms with Crippen molar-refractivity contribution >= 4 is 5.91 Å². The van der Waals surface area contributed by atoms with Crippen molar-refractivity contribution in [2.75, 3.05) is 13.2 Å². The van der Waals surface area contributed by atoms with Crippen LogP contribution in [0.2, 0.25) is 0 Å². The molecule has 1 amide bonds. The SMILES string of the molecule is O=C(c1cc(-c2ccco2)on1)N1CCCC1CO. The zero-order chi connectivity index (χ0) is 13.2. The highest BCUT2D eigenvalue weighted by Gasteiger charge is 2.30. The topological polar surface area (TPSA) is 79.7 Å². The Balaban J connectivity index is 1.81. The number of likely N-dealkylation sites (tertiary alicyclic amines) is 1. The average Bonchev–Trinajstić information content (AvgIpc) is 3.16. The van der Waals surface area contributed by atoms with Gasteiger partial charge < -0.3 is 18.9 Å². The van der Waals surface area contributed by atoms with Crippen LogP contribution in [0.1, 0.15) is 23.3 Å². The summed E-state index contributed by atoms with van der Waals surface area (Å²) in [5.41, 5.74) is 0.242. The number of aromatic nitrogens is 1. The largest absolute Gasteiger partial charge is 0.461 e. The molecule has 2 aromatic rings. The van der Waals surface area contributed by atoms with Crippen molar-refractivity contribution in [2.24, 2.45) is 0 Å². The zero-order valence-corrected chi connectivity index (χ0v) is 10.3. The lowest BCUT2D eigenvalue weighted by Gasteiger charge is -2.21. The van der Waals surface area contributed by atoms with Crippen molar-refractivity contribution in [3.63, 3.8) is 0 Å². The van der Waals surface area contributed by atoms with Crippen molar-refractivity contribution < 1.29 is 18.8 Å². The van der Waals surface area contributed by atoms with Crippen LogP contribution in [0.4, 0.5) is 0 Å². The minimum Gasteiger partial charge on any atom is -0.461 e. The minimum absolute atomic E-state index is 0.0192. The number of hydrogen-bond donors (Lipinski definition) is 1. The van der Waals surface area contributed by atoms with Crippen molar-refractivity contribution in [3.8, 4) is 11.5 Å². The van der Waals surface area contributed by atoms with Gasteiger partial charge in [0.1, 0.15) is 0 Å². The molecular weight excluding hydrogens is 248 g/mol. The van der Waals surface area contributed by atoms with Gasteiger partial charge >= 0.3 is 0 Å². The quantitative estimate of drug-likeness (QED) is 0.907. The van der Waals surface area contributed by atoms with Gasteiger partial charge in [0.05, 0.1) is 18.9 Å². The summed E-state index contributed by atoms with van der Waals surface area (Å²) in [6.07, 6.45) is 3.26. The fraction of sp³-hybridized carbons (Fsp3) is 0.385. The molecule has 1 unspecified atom stereocenters. The van der Waals surface area contributed by atoms with E-state index in [4.69, 9.17) is 8.94 Å². The van der Waals surface area contributed by atoms with E-state index in [0.717, 1.165) is 12.8 Å². The summed E-state index contributed by atoms with van der Waals surface area (Å²) in [5.74, 6) is 0.748. The Kier molecular flexibility index (Phi) is 3.08. The average molecular weight is 262 g/mol. The number of carbonyl (C=O) groups is 1. The van der Waals surface area contributed by atoms with Gasteiger partial charge in [0.25, 0.3) is 5.91 Å². The summed E-state index contributed by atoms with van der Waals surface area (Å²) < 4.78 is 10.3. The Bertz CT molecular complexity index is 561. The summed E-state index contributed by atoms with van der Waals surface area (Å²) in [6, 6.07) is 4.92. The maximum atomic E-state index is 12.3. The number of carbonyl (C=O) groups excluding carboxylic acids is 1. The molecule has 6 heteroatoms. The monoisotopic (exact) mass is 262 g/mol. The lowest BCUT2D eigenvalue weighted by molar-refractivity contribution is 0.0667. The first-order valence-corrected chi connectivity index (χ1v) is 6.22. The second-order valence-corrected chi connectivity index (χ2v) is 4.53. The highest BCUT2D eigenvalue weighted by atomic mass is 16.5. The highest BCUT2D eigenvalue weighted by molar-refractivity contribution is 5.93. The lowest BCUT2D eigenvalue weighted by atomic mass is 10.2. The van der Waals surface area contributed by atoms with E-state index in [1.54, 1.807) is 23.1 Å². The third-order valence-electron chi connectivity index (χ3n) is 3.34. The lowest BCUT2D eigenvalue weighted by Crippen LogP contribution is -2.37. The van der Waals surface area contributed by atoms with Gasteiger partial charge in [-0.25, -0.2) is 0 Å². The van der Waals surface area contributed by atoms with Gasteiger partial charge in [-0.3, -0.25) is 4.79 Å². The van der Waals surface area contributed by atoms with Crippen LogP contribution in [0.15, 0.2) is 33.4 Å². The first-order valence-electron chi connectivity index (χ1n) is 6.22. The molecule has 1 N–H and O–H groups in total. The van der Waals surface area contributed by atoms with E-state index >= 15 is 0 Å². The molecule has 0 aromatic carbocycles. The standard InChI is InChI=1S/C13H14N2O4/c16-8-9-3-1-5-15(9)13(17)10-7-12(19-14-10)11-4-2-6-18-11/h2,4,6-7,9,16H,1,3,5,8H2.